The molecule has 1 aromatic rings. The van der Waals surface area contributed by atoms with Crippen molar-refractivity contribution in [1.82, 2.24) is 10.2 Å². The Balaban J connectivity index is 1.77. The van der Waals surface area contributed by atoms with Gasteiger partial charge in [-0.2, -0.15) is 0 Å². The van der Waals surface area contributed by atoms with Gasteiger partial charge in [0.05, 0.1) is 18.4 Å². The third kappa shape index (κ3) is 2.81. The van der Waals surface area contributed by atoms with E-state index < -0.39 is 41.9 Å². The molecule has 2 amide bonds. The van der Waals surface area contributed by atoms with E-state index in [1.165, 1.54) is 4.90 Å². The SMILES string of the molecule is O=C1C2C(c3ccc(Br)cc3)NC(CO)(C(=O)O)C2C(=O)N1C1CCCCC1. The molecule has 0 spiro atoms. The third-order valence-electron chi connectivity index (χ3n) is 6.49. The van der Waals surface area contributed by atoms with Crippen LogP contribution in [0, 0.1) is 11.8 Å². The minimum Gasteiger partial charge on any atom is -0.480 e. The number of benzene rings is 1. The fourth-order valence-corrected chi connectivity index (χ4v) is 5.36. The molecule has 8 heteroatoms. The number of likely N-dealkylation sites (tertiary alicyclic amines) is 1. The van der Waals surface area contributed by atoms with Gasteiger partial charge in [0.25, 0.3) is 0 Å². The van der Waals surface area contributed by atoms with Crippen LogP contribution in [0.15, 0.2) is 28.7 Å². The first-order chi connectivity index (χ1) is 13.4. The fraction of sp³-hybridized carbons (Fsp3) is 0.550. The Morgan fingerprint density at radius 2 is 1.79 bits per heavy atom. The molecular weight excluding hydrogens is 428 g/mol. The number of aliphatic carboxylic acids is 1. The number of carbonyl (C=O) groups excluding carboxylic acids is 2. The smallest absolute Gasteiger partial charge is 0.327 e. The lowest BCUT2D eigenvalue weighted by molar-refractivity contribution is -0.154. The summed E-state index contributed by atoms with van der Waals surface area (Å²) >= 11 is 3.37. The summed E-state index contributed by atoms with van der Waals surface area (Å²) in [6.07, 6.45) is 4.50. The van der Waals surface area contributed by atoms with E-state index in [1.807, 2.05) is 12.1 Å². The van der Waals surface area contributed by atoms with Crippen LogP contribution in [0.1, 0.15) is 43.7 Å². The monoisotopic (exact) mass is 450 g/mol. The number of carboxylic acid groups (broad SMARTS) is 1. The summed E-state index contributed by atoms with van der Waals surface area (Å²) in [6, 6.07) is 6.41. The maximum atomic E-state index is 13.4. The van der Waals surface area contributed by atoms with Crippen LogP contribution in [0.2, 0.25) is 0 Å². The molecular formula is C20H23BrN2O5. The second kappa shape index (κ2) is 7.24. The van der Waals surface area contributed by atoms with Crippen molar-refractivity contribution in [1.29, 1.82) is 0 Å². The third-order valence-corrected chi connectivity index (χ3v) is 7.02. The van der Waals surface area contributed by atoms with Gasteiger partial charge in [0.2, 0.25) is 11.8 Å². The lowest BCUT2D eigenvalue weighted by atomic mass is 9.79. The van der Waals surface area contributed by atoms with E-state index in [1.54, 1.807) is 12.1 Å². The van der Waals surface area contributed by atoms with Crippen LogP contribution in [0.3, 0.4) is 0 Å². The van der Waals surface area contributed by atoms with Gasteiger partial charge in [-0.05, 0) is 30.5 Å². The summed E-state index contributed by atoms with van der Waals surface area (Å²) in [7, 11) is 0. The van der Waals surface area contributed by atoms with Crippen LogP contribution in [0.5, 0.6) is 0 Å². The van der Waals surface area contributed by atoms with Gasteiger partial charge in [-0.3, -0.25) is 24.6 Å². The van der Waals surface area contributed by atoms with Crippen LogP contribution >= 0.6 is 15.9 Å². The number of imide groups is 1. The lowest BCUT2D eigenvalue weighted by Crippen LogP contribution is -2.59. The van der Waals surface area contributed by atoms with E-state index in [9.17, 15) is 24.6 Å². The Kier molecular flexibility index (Phi) is 5.05. The van der Waals surface area contributed by atoms with E-state index in [-0.39, 0.29) is 11.9 Å². The summed E-state index contributed by atoms with van der Waals surface area (Å²) in [5.41, 5.74) is -1.14. The molecule has 0 aromatic heterocycles. The molecule has 3 aliphatic rings. The maximum absolute atomic E-state index is 13.4. The molecule has 1 saturated carbocycles. The average Bonchev–Trinajstić information content (AvgIpc) is 3.18. The molecule has 0 radical (unpaired) electrons. The highest BCUT2D eigenvalue weighted by Gasteiger charge is 2.69. The van der Waals surface area contributed by atoms with Crippen LogP contribution in [0.4, 0.5) is 0 Å². The molecule has 2 heterocycles. The first-order valence-electron chi connectivity index (χ1n) is 9.65. The number of halogens is 1. The number of fused-ring (bicyclic) bond motifs is 1. The lowest BCUT2D eigenvalue weighted by Gasteiger charge is -2.33. The first kappa shape index (κ1) is 19.5. The summed E-state index contributed by atoms with van der Waals surface area (Å²) in [5.74, 6) is -4.04. The maximum Gasteiger partial charge on any atom is 0.327 e. The highest BCUT2D eigenvalue weighted by Crippen LogP contribution is 2.50. The number of carboxylic acids is 1. The Labute approximate surface area is 171 Å². The molecule has 4 rings (SSSR count). The van der Waals surface area contributed by atoms with Gasteiger partial charge < -0.3 is 10.2 Å². The largest absolute Gasteiger partial charge is 0.480 e. The predicted molar refractivity (Wildman–Crippen MR) is 103 cm³/mol. The predicted octanol–water partition coefficient (Wildman–Crippen LogP) is 1.84. The average molecular weight is 451 g/mol. The van der Waals surface area contributed by atoms with E-state index in [0.29, 0.717) is 0 Å². The van der Waals surface area contributed by atoms with Crippen molar-refractivity contribution in [3.63, 3.8) is 0 Å². The van der Waals surface area contributed by atoms with E-state index >= 15 is 0 Å². The van der Waals surface area contributed by atoms with E-state index in [4.69, 9.17) is 0 Å². The van der Waals surface area contributed by atoms with Crippen LogP contribution in [-0.4, -0.2) is 51.1 Å². The van der Waals surface area contributed by atoms with Crippen molar-refractivity contribution < 1.29 is 24.6 Å². The van der Waals surface area contributed by atoms with Gasteiger partial charge in [0, 0.05) is 16.6 Å². The van der Waals surface area contributed by atoms with Crippen molar-refractivity contribution in [2.24, 2.45) is 11.8 Å². The molecule has 0 bridgehead atoms. The molecule has 28 heavy (non-hydrogen) atoms. The van der Waals surface area contributed by atoms with Crippen molar-refractivity contribution >= 4 is 33.7 Å². The zero-order valence-corrected chi connectivity index (χ0v) is 16.9. The number of amides is 2. The number of aliphatic hydroxyl groups is 1. The summed E-state index contributed by atoms with van der Waals surface area (Å²) < 4.78 is 0.857. The van der Waals surface area contributed by atoms with Gasteiger partial charge in [-0.25, -0.2) is 0 Å². The minimum absolute atomic E-state index is 0.171. The van der Waals surface area contributed by atoms with Crippen LogP contribution in [-0.2, 0) is 14.4 Å². The number of nitrogens with zero attached hydrogens (tertiary/aromatic N) is 1. The molecule has 2 aliphatic heterocycles. The van der Waals surface area contributed by atoms with Crippen molar-refractivity contribution in [3.05, 3.63) is 34.3 Å². The number of rotatable bonds is 4. The molecule has 3 fully saturated rings. The Bertz CT molecular complexity index is 807. The van der Waals surface area contributed by atoms with Gasteiger partial charge in [0.1, 0.15) is 0 Å². The van der Waals surface area contributed by atoms with E-state index in [0.717, 1.165) is 42.1 Å². The molecule has 2 saturated heterocycles. The molecule has 7 nitrogen and oxygen atoms in total. The fourth-order valence-electron chi connectivity index (χ4n) is 5.09. The van der Waals surface area contributed by atoms with Crippen molar-refractivity contribution in [2.45, 2.75) is 49.7 Å². The summed E-state index contributed by atoms with van der Waals surface area (Å²) in [5, 5.41) is 22.9. The Hall–Kier alpha value is -1.77. The quantitative estimate of drug-likeness (QED) is 0.604. The zero-order valence-electron chi connectivity index (χ0n) is 15.3. The van der Waals surface area contributed by atoms with Crippen molar-refractivity contribution in [3.8, 4) is 0 Å². The number of hydrogen-bond donors (Lipinski definition) is 3. The standard InChI is InChI=1S/C20H23BrN2O5/c21-12-8-6-11(7-9-12)16-14-15(20(10-24,22-16)19(27)28)18(26)23(17(14)25)13-4-2-1-3-5-13/h6-9,13-16,22,24H,1-5,10H2,(H,27,28). The van der Waals surface area contributed by atoms with Gasteiger partial charge in [0.15, 0.2) is 5.54 Å². The second-order valence-electron chi connectivity index (χ2n) is 7.95. The number of nitrogens with one attached hydrogen (secondary N) is 1. The van der Waals surface area contributed by atoms with Gasteiger partial charge in [-0.1, -0.05) is 47.3 Å². The summed E-state index contributed by atoms with van der Waals surface area (Å²) in [4.78, 5) is 40.1. The highest BCUT2D eigenvalue weighted by atomic mass is 79.9. The highest BCUT2D eigenvalue weighted by molar-refractivity contribution is 9.10. The number of aliphatic hydroxyl groups excluding tert-OH is 1. The molecule has 3 N–H and O–H groups in total. The summed E-state index contributed by atoms with van der Waals surface area (Å²) in [6.45, 7) is -0.756. The second-order valence-corrected chi connectivity index (χ2v) is 8.87. The topological polar surface area (TPSA) is 107 Å². The molecule has 4 unspecified atom stereocenters. The minimum atomic E-state index is -1.86. The molecule has 150 valence electrons. The van der Waals surface area contributed by atoms with E-state index in [2.05, 4.69) is 21.2 Å². The first-order valence-corrected chi connectivity index (χ1v) is 10.4. The van der Waals surface area contributed by atoms with Crippen LogP contribution < -0.4 is 5.32 Å². The van der Waals surface area contributed by atoms with Crippen molar-refractivity contribution in [2.75, 3.05) is 6.61 Å². The molecule has 1 aromatic carbocycles. The van der Waals surface area contributed by atoms with Gasteiger partial charge >= 0.3 is 5.97 Å². The van der Waals surface area contributed by atoms with Crippen LogP contribution in [0.25, 0.3) is 0 Å². The van der Waals surface area contributed by atoms with Gasteiger partial charge in [-0.15, -0.1) is 0 Å². The normalized spacial score (nSPS) is 33.4. The zero-order chi connectivity index (χ0) is 20.1. The molecule has 4 atom stereocenters. The number of carbonyl (C=O) groups is 3. The Morgan fingerprint density at radius 3 is 2.36 bits per heavy atom. The Morgan fingerprint density at radius 1 is 1.14 bits per heavy atom. The number of hydrogen-bond acceptors (Lipinski definition) is 5. The molecule has 1 aliphatic carbocycles.